The molecule has 1 aliphatic heterocycles. The van der Waals surface area contributed by atoms with Crippen LogP contribution in [0.1, 0.15) is 24.1 Å². The maximum Gasteiger partial charge on any atom is 0.295 e. The fourth-order valence-electron chi connectivity index (χ4n) is 4.37. The lowest BCUT2D eigenvalue weighted by Gasteiger charge is -2.33. The van der Waals surface area contributed by atoms with Crippen molar-refractivity contribution in [2.75, 3.05) is 24.2 Å². The molecular formula is C26H30N4O2S2. The third-order valence-corrected chi connectivity index (χ3v) is 7.91. The molecule has 1 aromatic heterocycles. The van der Waals surface area contributed by atoms with Gasteiger partial charge in [-0.25, -0.2) is 4.68 Å². The van der Waals surface area contributed by atoms with Gasteiger partial charge in [0.2, 0.25) is 5.91 Å². The summed E-state index contributed by atoms with van der Waals surface area (Å²) in [4.78, 5) is 27.8. The number of benzene rings is 2. The number of rotatable bonds is 6. The predicted octanol–water partition coefficient (Wildman–Crippen LogP) is 4.40. The molecule has 1 amide bonds. The second kappa shape index (κ2) is 11.1. The molecule has 34 heavy (non-hydrogen) atoms. The zero-order valence-corrected chi connectivity index (χ0v) is 21.2. The summed E-state index contributed by atoms with van der Waals surface area (Å²) in [5, 5.41) is 2.81. The van der Waals surface area contributed by atoms with Crippen molar-refractivity contribution in [2.24, 2.45) is 13.0 Å². The summed E-state index contributed by atoms with van der Waals surface area (Å²) in [6, 6.07) is 20.0. The Labute approximate surface area is 209 Å². The highest BCUT2D eigenvalue weighted by Crippen LogP contribution is 2.24. The van der Waals surface area contributed by atoms with E-state index in [1.165, 1.54) is 17.3 Å². The highest BCUT2D eigenvalue weighted by Gasteiger charge is 2.23. The molecule has 2 aromatic carbocycles. The van der Waals surface area contributed by atoms with Gasteiger partial charge in [0.25, 0.3) is 5.56 Å². The Balaban J connectivity index is 1.28. The summed E-state index contributed by atoms with van der Waals surface area (Å²) >= 11 is 6.97. The largest absolute Gasteiger partial charge is 0.357 e. The number of carbonyl (C=O) groups excluding carboxylic acids is 1. The first kappa shape index (κ1) is 24.3. The van der Waals surface area contributed by atoms with Gasteiger partial charge in [-0.15, -0.1) is 0 Å². The van der Waals surface area contributed by atoms with Crippen molar-refractivity contribution >= 4 is 39.9 Å². The molecule has 1 saturated heterocycles. The first-order chi connectivity index (χ1) is 16.4. The SMILES string of the molecule is Cc1c(NC(=O)CSC(=S)N2CCC(Cc3ccccc3)CC2)c(=O)n(-c2ccccc2)n1C. The Morgan fingerprint density at radius 3 is 2.32 bits per heavy atom. The first-order valence-corrected chi connectivity index (χ1v) is 12.9. The Morgan fingerprint density at radius 2 is 1.68 bits per heavy atom. The van der Waals surface area contributed by atoms with Crippen molar-refractivity contribution in [3.05, 3.63) is 82.3 Å². The molecule has 0 aliphatic carbocycles. The van der Waals surface area contributed by atoms with Gasteiger partial charge in [0.15, 0.2) is 0 Å². The Bertz CT molecular complexity index is 1200. The van der Waals surface area contributed by atoms with Crippen molar-refractivity contribution in [1.82, 2.24) is 14.3 Å². The second-order valence-corrected chi connectivity index (χ2v) is 10.3. The molecular weight excluding hydrogens is 464 g/mol. The van der Waals surface area contributed by atoms with Crippen molar-refractivity contribution in [2.45, 2.75) is 26.2 Å². The number of hydrogen-bond acceptors (Lipinski definition) is 4. The summed E-state index contributed by atoms with van der Waals surface area (Å²) in [6.45, 7) is 3.67. The van der Waals surface area contributed by atoms with Crippen LogP contribution < -0.4 is 10.9 Å². The Kier molecular flexibility index (Phi) is 7.90. The van der Waals surface area contributed by atoms with Gasteiger partial charge < -0.3 is 10.2 Å². The van der Waals surface area contributed by atoms with Crippen LogP contribution in [0.15, 0.2) is 65.5 Å². The maximum atomic E-state index is 13.0. The second-order valence-electron chi connectivity index (χ2n) is 8.66. The lowest BCUT2D eigenvalue weighted by atomic mass is 9.90. The molecule has 8 heteroatoms. The van der Waals surface area contributed by atoms with Crippen LogP contribution in [0.4, 0.5) is 5.69 Å². The molecule has 0 bridgehead atoms. The smallest absolute Gasteiger partial charge is 0.295 e. The topological polar surface area (TPSA) is 59.3 Å². The average molecular weight is 495 g/mol. The maximum absolute atomic E-state index is 13.0. The molecule has 0 atom stereocenters. The van der Waals surface area contributed by atoms with Crippen LogP contribution >= 0.6 is 24.0 Å². The van der Waals surface area contributed by atoms with Crippen molar-refractivity contribution in [1.29, 1.82) is 0 Å². The van der Waals surface area contributed by atoms with Crippen molar-refractivity contribution in [3.8, 4) is 5.69 Å². The fourth-order valence-corrected chi connectivity index (χ4v) is 5.42. The third kappa shape index (κ3) is 5.62. The quantitative estimate of drug-likeness (QED) is 0.515. The number of para-hydroxylation sites is 1. The van der Waals surface area contributed by atoms with Gasteiger partial charge in [-0.1, -0.05) is 72.5 Å². The number of hydrogen-bond donors (Lipinski definition) is 1. The van der Waals surface area contributed by atoms with Crippen LogP contribution in [0.2, 0.25) is 0 Å². The predicted molar refractivity (Wildman–Crippen MR) is 144 cm³/mol. The number of nitrogens with one attached hydrogen (secondary N) is 1. The lowest BCUT2D eigenvalue weighted by molar-refractivity contribution is -0.113. The van der Waals surface area contributed by atoms with Gasteiger partial charge >= 0.3 is 0 Å². The van der Waals surface area contributed by atoms with Crippen molar-refractivity contribution < 1.29 is 4.79 Å². The molecule has 1 aliphatic rings. The number of carbonyl (C=O) groups is 1. The molecule has 6 nitrogen and oxygen atoms in total. The first-order valence-electron chi connectivity index (χ1n) is 11.5. The minimum atomic E-state index is -0.243. The number of anilines is 1. The van der Waals surface area contributed by atoms with E-state index in [2.05, 4.69) is 40.5 Å². The van der Waals surface area contributed by atoms with Gasteiger partial charge in [-0.3, -0.25) is 14.3 Å². The van der Waals surface area contributed by atoms with E-state index in [1.54, 1.807) is 9.36 Å². The highest BCUT2D eigenvalue weighted by atomic mass is 32.2. The molecule has 178 valence electrons. The van der Waals surface area contributed by atoms with E-state index in [9.17, 15) is 9.59 Å². The van der Waals surface area contributed by atoms with E-state index in [-0.39, 0.29) is 17.2 Å². The van der Waals surface area contributed by atoms with E-state index in [0.717, 1.165) is 42.4 Å². The summed E-state index contributed by atoms with van der Waals surface area (Å²) in [5.41, 5.74) is 2.91. The fraction of sp³-hybridized carbons (Fsp3) is 0.346. The number of aromatic nitrogens is 2. The number of thiocarbonyl (C=S) groups is 1. The zero-order valence-electron chi connectivity index (χ0n) is 19.6. The summed E-state index contributed by atoms with van der Waals surface area (Å²) < 4.78 is 4.06. The van der Waals surface area contributed by atoms with E-state index in [1.807, 2.05) is 44.3 Å². The van der Waals surface area contributed by atoms with E-state index in [0.29, 0.717) is 17.3 Å². The molecule has 0 unspecified atom stereocenters. The van der Waals surface area contributed by atoms with Crippen LogP contribution in [-0.2, 0) is 18.3 Å². The Hall–Kier alpha value is -2.84. The molecule has 0 spiro atoms. The van der Waals surface area contributed by atoms with Gasteiger partial charge in [0.05, 0.1) is 17.1 Å². The van der Waals surface area contributed by atoms with Crippen LogP contribution in [0, 0.1) is 12.8 Å². The molecule has 1 N–H and O–H groups in total. The number of likely N-dealkylation sites (tertiary alicyclic amines) is 1. The average Bonchev–Trinajstić information content (AvgIpc) is 3.07. The number of amides is 1. The highest BCUT2D eigenvalue weighted by molar-refractivity contribution is 8.23. The van der Waals surface area contributed by atoms with Crippen LogP contribution in [0.5, 0.6) is 0 Å². The monoisotopic (exact) mass is 494 g/mol. The molecule has 1 fully saturated rings. The molecule has 4 rings (SSSR count). The van der Waals surface area contributed by atoms with E-state index < -0.39 is 0 Å². The molecule has 2 heterocycles. The van der Waals surface area contributed by atoms with E-state index >= 15 is 0 Å². The van der Waals surface area contributed by atoms with Gasteiger partial charge in [0, 0.05) is 20.1 Å². The minimum absolute atomic E-state index is 0.182. The minimum Gasteiger partial charge on any atom is -0.357 e. The van der Waals surface area contributed by atoms with Gasteiger partial charge in [-0.2, -0.15) is 0 Å². The summed E-state index contributed by atoms with van der Waals surface area (Å²) in [7, 11) is 1.81. The third-order valence-electron chi connectivity index (χ3n) is 6.39. The molecule has 0 saturated carbocycles. The number of piperidine rings is 1. The van der Waals surface area contributed by atoms with Crippen LogP contribution in [-0.4, -0.2) is 43.3 Å². The summed E-state index contributed by atoms with van der Waals surface area (Å²) in [6.07, 6.45) is 3.31. The Morgan fingerprint density at radius 1 is 1.06 bits per heavy atom. The van der Waals surface area contributed by atoms with Crippen molar-refractivity contribution in [3.63, 3.8) is 0 Å². The normalized spacial score (nSPS) is 14.2. The molecule has 0 radical (unpaired) electrons. The number of nitrogens with zero attached hydrogens (tertiary/aromatic N) is 3. The van der Waals surface area contributed by atoms with Crippen LogP contribution in [0.25, 0.3) is 5.69 Å². The van der Waals surface area contributed by atoms with Gasteiger partial charge in [-0.05, 0) is 49.8 Å². The van der Waals surface area contributed by atoms with Gasteiger partial charge in [0.1, 0.15) is 10.0 Å². The molecule has 3 aromatic rings. The standard InChI is InChI=1S/C26H30N4O2S2/c1-19-24(25(32)30(28(19)2)22-11-7-4-8-12-22)27-23(31)18-34-26(33)29-15-13-21(14-16-29)17-20-9-5-3-6-10-20/h3-12,21H,13-18H2,1-2H3,(H,27,31). The lowest BCUT2D eigenvalue weighted by Crippen LogP contribution is -2.37. The zero-order chi connectivity index (χ0) is 24.1. The summed E-state index contributed by atoms with van der Waals surface area (Å²) in [5.74, 6) is 0.627. The van der Waals surface area contributed by atoms with E-state index in [4.69, 9.17) is 12.2 Å². The number of thioether (sulfide) groups is 1. The van der Waals surface area contributed by atoms with Crippen LogP contribution in [0.3, 0.4) is 0 Å².